The van der Waals surface area contributed by atoms with Gasteiger partial charge in [-0.2, -0.15) is 4.31 Å². The minimum Gasteiger partial charge on any atom is -0.351 e. The summed E-state index contributed by atoms with van der Waals surface area (Å²) >= 11 is 5.98. The molecule has 1 aliphatic heterocycles. The highest BCUT2D eigenvalue weighted by Gasteiger charge is 2.28. The number of nitrogens with one attached hydrogen (secondary N) is 1. The molecule has 1 amide bonds. The first-order chi connectivity index (χ1) is 14.3. The summed E-state index contributed by atoms with van der Waals surface area (Å²) in [5.41, 5.74) is -0.162. The number of sulfonamides is 1. The number of halogens is 1. The van der Waals surface area contributed by atoms with Crippen molar-refractivity contribution in [3.63, 3.8) is 0 Å². The van der Waals surface area contributed by atoms with E-state index in [9.17, 15) is 23.3 Å². The maximum Gasteiger partial charge on any atom is 0.270 e. The van der Waals surface area contributed by atoms with Crippen LogP contribution in [-0.4, -0.2) is 67.7 Å². The van der Waals surface area contributed by atoms with Gasteiger partial charge in [-0.3, -0.25) is 19.8 Å². The first kappa shape index (κ1) is 22.2. The Morgan fingerprint density at radius 2 is 1.77 bits per heavy atom. The second-order valence-electron chi connectivity index (χ2n) is 6.74. The Hall–Kier alpha value is -2.53. The van der Waals surface area contributed by atoms with Crippen LogP contribution in [0.25, 0.3) is 0 Å². The fraction of sp³-hybridized carbons (Fsp3) is 0.316. The smallest absolute Gasteiger partial charge is 0.270 e. The zero-order valence-electron chi connectivity index (χ0n) is 16.0. The minimum atomic E-state index is -3.50. The molecule has 2 aromatic carbocycles. The van der Waals surface area contributed by atoms with E-state index in [1.54, 1.807) is 30.3 Å². The van der Waals surface area contributed by atoms with Crippen LogP contribution < -0.4 is 5.32 Å². The second-order valence-corrected chi connectivity index (χ2v) is 9.08. The highest BCUT2D eigenvalue weighted by molar-refractivity contribution is 7.89. The quantitative estimate of drug-likeness (QED) is 0.507. The Kier molecular flexibility index (Phi) is 7.03. The average Bonchev–Trinajstić information content (AvgIpc) is 2.74. The van der Waals surface area contributed by atoms with Gasteiger partial charge in [0.25, 0.3) is 11.6 Å². The van der Waals surface area contributed by atoms with Gasteiger partial charge in [-0.1, -0.05) is 29.8 Å². The molecule has 1 saturated heterocycles. The van der Waals surface area contributed by atoms with E-state index in [1.165, 1.54) is 16.4 Å². The molecule has 0 unspecified atom stereocenters. The summed E-state index contributed by atoms with van der Waals surface area (Å²) in [6.45, 7) is 2.64. The molecule has 2 aromatic rings. The van der Waals surface area contributed by atoms with E-state index in [2.05, 4.69) is 5.32 Å². The Morgan fingerprint density at radius 3 is 2.40 bits per heavy atom. The fourth-order valence-corrected chi connectivity index (χ4v) is 4.81. The molecule has 0 atom stereocenters. The third kappa shape index (κ3) is 5.14. The number of benzene rings is 2. The molecule has 3 rings (SSSR count). The van der Waals surface area contributed by atoms with E-state index in [4.69, 9.17) is 11.6 Å². The highest BCUT2D eigenvalue weighted by atomic mass is 35.5. The van der Waals surface area contributed by atoms with E-state index in [0.29, 0.717) is 39.3 Å². The predicted molar refractivity (Wildman–Crippen MR) is 112 cm³/mol. The van der Waals surface area contributed by atoms with Crippen LogP contribution >= 0.6 is 11.6 Å². The predicted octanol–water partition coefficient (Wildman–Crippen LogP) is 1.98. The van der Waals surface area contributed by atoms with E-state index < -0.39 is 20.9 Å². The molecule has 0 aliphatic carbocycles. The highest BCUT2D eigenvalue weighted by Crippen LogP contribution is 2.22. The van der Waals surface area contributed by atoms with Crippen LogP contribution in [0.2, 0.25) is 5.02 Å². The van der Waals surface area contributed by atoms with Crippen molar-refractivity contribution in [2.75, 3.05) is 39.3 Å². The summed E-state index contributed by atoms with van der Waals surface area (Å²) in [4.78, 5) is 24.9. The zero-order valence-corrected chi connectivity index (χ0v) is 17.6. The van der Waals surface area contributed by atoms with Gasteiger partial charge in [-0.05, 0) is 18.2 Å². The molecule has 30 heavy (non-hydrogen) atoms. The van der Waals surface area contributed by atoms with Crippen molar-refractivity contribution in [1.29, 1.82) is 0 Å². The summed E-state index contributed by atoms with van der Waals surface area (Å²) in [7, 11) is -3.50. The molecule has 0 bridgehead atoms. The zero-order chi connectivity index (χ0) is 21.7. The van der Waals surface area contributed by atoms with Crippen LogP contribution in [0.4, 0.5) is 5.69 Å². The lowest BCUT2D eigenvalue weighted by molar-refractivity contribution is -0.384. The van der Waals surface area contributed by atoms with Gasteiger partial charge >= 0.3 is 0 Å². The normalized spacial score (nSPS) is 15.6. The second kappa shape index (κ2) is 9.52. The number of hydrogen-bond acceptors (Lipinski definition) is 6. The number of nitro benzene ring substituents is 1. The number of nitrogens with zero attached hydrogens (tertiary/aromatic N) is 3. The summed E-state index contributed by atoms with van der Waals surface area (Å²) in [5, 5.41) is 13.7. The number of carbonyl (C=O) groups is 1. The number of amides is 1. The summed E-state index contributed by atoms with van der Waals surface area (Å²) in [5.74, 6) is -0.492. The number of nitro groups is 1. The Labute approximate surface area is 179 Å². The molecule has 1 N–H and O–H groups in total. The number of rotatable bonds is 7. The molecule has 0 radical (unpaired) electrons. The fourth-order valence-electron chi connectivity index (χ4n) is 3.16. The summed E-state index contributed by atoms with van der Waals surface area (Å²) < 4.78 is 26.8. The van der Waals surface area contributed by atoms with Crippen molar-refractivity contribution in [1.82, 2.24) is 14.5 Å². The van der Waals surface area contributed by atoms with Crippen molar-refractivity contribution in [3.8, 4) is 0 Å². The van der Waals surface area contributed by atoms with Crippen molar-refractivity contribution >= 4 is 33.2 Å². The molecular weight excluding hydrogens is 432 g/mol. The largest absolute Gasteiger partial charge is 0.351 e. The van der Waals surface area contributed by atoms with Gasteiger partial charge in [-0.15, -0.1) is 0 Å². The number of hydrogen-bond donors (Lipinski definition) is 1. The van der Waals surface area contributed by atoms with Gasteiger partial charge < -0.3 is 5.32 Å². The number of carbonyl (C=O) groups excluding carboxylic acids is 1. The van der Waals surface area contributed by atoms with Gasteiger partial charge in [0.05, 0.1) is 20.4 Å². The lowest BCUT2D eigenvalue weighted by atomic mass is 10.2. The van der Waals surface area contributed by atoms with E-state index >= 15 is 0 Å². The van der Waals surface area contributed by atoms with E-state index in [0.717, 1.165) is 6.07 Å². The van der Waals surface area contributed by atoms with Gasteiger partial charge in [0.2, 0.25) is 10.0 Å². The third-order valence-electron chi connectivity index (χ3n) is 4.83. The molecule has 1 fully saturated rings. The Morgan fingerprint density at radius 1 is 1.10 bits per heavy atom. The monoisotopic (exact) mass is 452 g/mol. The maximum atomic E-state index is 12.7. The first-order valence-corrected chi connectivity index (χ1v) is 11.1. The average molecular weight is 453 g/mol. The lowest BCUT2D eigenvalue weighted by Crippen LogP contribution is -2.50. The summed E-state index contributed by atoms with van der Waals surface area (Å²) in [6.07, 6.45) is 0. The molecule has 160 valence electrons. The van der Waals surface area contributed by atoms with Crippen molar-refractivity contribution in [2.45, 2.75) is 4.90 Å². The molecular formula is C19H21ClN4O5S. The van der Waals surface area contributed by atoms with Crippen LogP contribution in [0.15, 0.2) is 53.4 Å². The van der Waals surface area contributed by atoms with Crippen LogP contribution in [0.5, 0.6) is 0 Å². The number of piperazine rings is 1. The van der Waals surface area contributed by atoms with Crippen LogP contribution in [0, 0.1) is 10.1 Å². The maximum absolute atomic E-state index is 12.7. The van der Waals surface area contributed by atoms with Gasteiger partial charge in [0, 0.05) is 51.4 Å². The SMILES string of the molecule is O=C(NCCN1CCN(S(=O)(=O)c2ccccc2)CC1)c1cc([N+](=O)[O-])ccc1Cl. The Bertz CT molecular complexity index is 1020. The van der Waals surface area contributed by atoms with Gasteiger partial charge in [0.1, 0.15) is 0 Å². The van der Waals surface area contributed by atoms with Crippen molar-refractivity contribution < 1.29 is 18.1 Å². The van der Waals surface area contributed by atoms with Gasteiger partial charge in [-0.25, -0.2) is 8.42 Å². The Balaban J connectivity index is 1.49. The van der Waals surface area contributed by atoms with Gasteiger partial charge in [0.15, 0.2) is 0 Å². The molecule has 0 saturated carbocycles. The molecule has 1 aliphatic rings. The van der Waals surface area contributed by atoms with Crippen LogP contribution in [-0.2, 0) is 10.0 Å². The first-order valence-electron chi connectivity index (χ1n) is 9.29. The number of non-ortho nitro benzene ring substituents is 1. The van der Waals surface area contributed by atoms with Crippen LogP contribution in [0.3, 0.4) is 0 Å². The minimum absolute atomic E-state index is 0.0460. The summed E-state index contributed by atoms with van der Waals surface area (Å²) in [6, 6.07) is 12.0. The van der Waals surface area contributed by atoms with E-state index in [1.807, 2.05) is 4.90 Å². The van der Waals surface area contributed by atoms with Crippen molar-refractivity contribution in [3.05, 3.63) is 69.2 Å². The molecule has 0 spiro atoms. The van der Waals surface area contributed by atoms with E-state index in [-0.39, 0.29) is 21.2 Å². The molecule has 9 nitrogen and oxygen atoms in total. The topological polar surface area (TPSA) is 113 Å². The molecule has 11 heteroatoms. The lowest BCUT2D eigenvalue weighted by Gasteiger charge is -2.33. The molecule has 1 heterocycles. The third-order valence-corrected chi connectivity index (χ3v) is 7.07. The van der Waals surface area contributed by atoms with Crippen molar-refractivity contribution in [2.24, 2.45) is 0 Å². The standard InChI is InChI=1S/C19H21ClN4O5S/c20-18-7-6-15(24(26)27)14-17(18)19(25)21-8-9-22-10-12-23(13-11-22)30(28,29)16-4-2-1-3-5-16/h1-7,14H,8-13H2,(H,21,25). The van der Waals surface area contributed by atoms with Crippen LogP contribution in [0.1, 0.15) is 10.4 Å². The molecule has 0 aromatic heterocycles.